The molecule has 2 N–H and O–H groups in total. The maximum Gasteiger partial charge on any atom is 0.150 e. The summed E-state index contributed by atoms with van der Waals surface area (Å²) in [5, 5.41) is 4.32. The Balaban J connectivity index is 2.27. The van der Waals surface area contributed by atoms with Gasteiger partial charge in [-0.1, -0.05) is 25.1 Å². The number of aryl methyl sites for hydroxylation is 2. The highest BCUT2D eigenvalue weighted by Gasteiger charge is 2.07. The Morgan fingerprint density at radius 2 is 2.06 bits per heavy atom. The van der Waals surface area contributed by atoms with E-state index in [4.69, 9.17) is 5.73 Å². The zero-order chi connectivity index (χ0) is 11.5. The number of nitrogens with two attached hydrogens (primary N) is 1. The van der Waals surface area contributed by atoms with Crippen molar-refractivity contribution in [3.05, 3.63) is 41.5 Å². The number of benzene rings is 1. The molecule has 0 amide bonds. The quantitative estimate of drug-likeness (QED) is 0.792. The minimum absolute atomic E-state index is 0.732. The van der Waals surface area contributed by atoms with E-state index in [0.29, 0.717) is 0 Å². The van der Waals surface area contributed by atoms with Crippen LogP contribution >= 0.6 is 0 Å². The van der Waals surface area contributed by atoms with Crippen molar-refractivity contribution in [3.8, 4) is 0 Å². The smallest absolute Gasteiger partial charge is 0.150 e. The Bertz CT molecular complexity index is 488. The molecule has 0 saturated carbocycles. The van der Waals surface area contributed by atoms with Gasteiger partial charge >= 0.3 is 0 Å². The number of hydrogen-bond acceptors (Lipinski definition) is 3. The van der Waals surface area contributed by atoms with Crippen molar-refractivity contribution >= 4 is 5.69 Å². The van der Waals surface area contributed by atoms with E-state index in [1.807, 2.05) is 36.0 Å². The molecule has 0 saturated heterocycles. The number of nitrogens with zero attached hydrogens (tertiary/aromatic N) is 3. The molecule has 0 atom stereocenters. The zero-order valence-corrected chi connectivity index (χ0v) is 9.64. The second kappa shape index (κ2) is 4.35. The normalized spacial score (nSPS) is 10.6. The summed E-state index contributed by atoms with van der Waals surface area (Å²) in [5.74, 6) is 1.83. The van der Waals surface area contributed by atoms with Gasteiger partial charge in [-0.05, 0) is 11.6 Å². The summed E-state index contributed by atoms with van der Waals surface area (Å²) in [4.78, 5) is 4.46. The molecule has 0 aliphatic heterocycles. The van der Waals surface area contributed by atoms with Crippen LogP contribution in [0.15, 0.2) is 24.3 Å². The van der Waals surface area contributed by atoms with Crippen LogP contribution in [0.1, 0.15) is 24.1 Å². The predicted octanol–water partition coefficient (Wildman–Crippen LogP) is 1.55. The van der Waals surface area contributed by atoms with Gasteiger partial charge in [0.1, 0.15) is 5.82 Å². The summed E-state index contributed by atoms with van der Waals surface area (Å²) in [6, 6.07) is 7.86. The molecule has 1 heterocycles. The first kappa shape index (κ1) is 10.7. The van der Waals surface area contributed by atoms with E-state index < -0.39 is 0 Å². The molecule has 0 bridgehead atoms. The fourth-order valence-electron chi connectivity index (χ4n) is 1.64. The zero-order valence-electron chi connectivity index (χ0n) is 9.64. The fourth-order valence-corrected chi connectivity index (χ4v) is 1.64. The van der Waals surface area contributed by atoms with Gasteiger partial charge in [-0.25, -0.2) is 4.98 Å². The van der Waals surface area contributed by atoms with Gasteiger partial charge in [0, 0.05) is 25.6 Å². The molecule has 0 fully saturated rings. The molecular weight excluding hydrogens is 200 g/mol. The first-order chi connectivity index (χ1) is 7.70. The molecule has 4 nitrogen and oxygen atoms in total. The lowest BCUT2D eigenvalue weighted by Gasteiger charge is -2.03. The SMILES string of the molecule is CCc1nc(Cc2ccccc2N)n(C)n1. The first-order valence-electron chi connectivity index (χ1n) is 5.43. The van der Waals surface area contributed by atoms with Gasteiger partial charge in [0.2, 0.25) is 0 Å². The summed E-state index contributed by atoms with van der Waals surface area (Å²) in [6.07, 6.45) is 1.59. The molecule has 4 heteroatoms. The molecule has 0 aliphatic rings. The predicted molar refractivity (Wildman–Crippen MR) is 64.0 cm³/mol. The molecule has 2 aromatic rings. The average Bonchev–Trinajstić information content (AvgIpc) is 2.63. The molecule has 16 heavy (non-hydrogen) atoms. The van der Waals surface area contributed by atoms with Crippen molar-refractivity contribution in [2.75, 3.05) is 5.73 Å². The van der Waals surface area contributed by atoms with Gasteiger partial charge in [0.05, 0.1) is 0 Å². The lowest BCUT2D eigenvalue weighted by Crippen LogP contribution is -2.02. The monoisotopic (exact) mass is 216 g/mol. The Hall–Kier alpha value is -1.84. The summed E-state index contributed by atoms with van der Waals surface area (Å²) < 4.78 is 1.82. The van der Waals surface area contributed by atoms with Crippen LogP contribution in [-0.4, -0.2) is 14.8 Å². The summed E-state index contributed by atoms with van der Waals surface area (Å²) in [6.45, 7) is 2.05. The minimum atomic E-state index is 0.732. The second-order valence-electron chi connectivity index (χ2n) is 3.80. The van der Waals surface area contributed by atoms with Gasteiger partial charge in [0.25, 0.3) is 0 Å². The molecule has 1 aromatic carbocycles. The van der Waals surface area contributed by atoms with Gasteiger partial charge < -0.3 is 5.73 Å². The highest BCUT2D eigenvalue weighted by Crippen LogP contribution is 2.14. The van der Waals surface area contributed by atoms with Crippen molar-refractivity contribution in [1.29, 1.82) is 0 Å². The van der Waals surface area contributed by atoms with Gasteiger partial charge in [-0.3, -0.25) is 4.68 Å². The topological polar surface area (TPSA) is 56.7 Å². The van der Waals surface area contributed by atoms with Gasteiger partial charge in [-0.2, -0.15) is 5.10 Å². The number of para-hydroxylation sites is 1. The maximum atomic E-state index is 5.90. The van der Waals surface area contributed by atoms with E-state index in [1.165, 1.54) is 0 Å². The summed E-state index contributed by atoms with van der Waals surface area (Å²) >= 11 is 0. The summed E-state index contributed by atoms with van der Waals surface area (Å²) in [5.41, 5.74) is 7.81. The highest BCUT2D eigenvalue weighted by atomic mass is 15.3. The lowest BCUT2D eigenvalue weighted by atomic mass is 10.1. The molecule has 1 aromatic heterocycles. The minimum Gasteiger partial charge on any atom is -0.398 e. The Kier molecular flexibility index (Phi) is 2.90. The second-order valence-corrected chi connectivity index (χ2v) is 3.80. The molecule has 0 aliphatic carbocycles. The van der Waals surface area contributed by atoms with Gasteiger partial charge in [-0.15, -0.1) is 0 Å². The molecule has 2 rings (SSSR count). The Labute approximate surface area is 95.1 Å². The lowest BCUT2D eigenvalue weighted by molar-refractivity contribution is 0.707. The van der Waals surface area contributed by atoms with Crippen molar-refractivity contribution in [1.82, 2.24) is 14.8 Å². The van der Waals surface area contributed by atoms with Crippen LogP contribution in [0.2, 0.25) is 0 Å². The standard InChI is InChI=1S/C12H16N4/c1-3-11-14-12(16(2)15-11)8-9-6-4-5-7-10(9)13/h4-7H,3,8,13H2,1-2H3. The van der Waals surface area contributed by atoms with E-state index >= 15 is 0 Å². The highest BCUT2D eigenvalue weighted by molar-refractivity contribution is 5.47. The number of anilines is 1. The van der Waals surface area contributed by atoms with E-state index in [2.05, 4.69) is 17.0 Å². The van der Waals surface area contributed by atoms with E-state index in [0.717, 1.165) is 35.7 Å². The van der Waals surface area contributed by atoms with E-state index in [9.17, 15) is 0 Å². The average molecular weight is 216 g/mol. The maximum absolute atomic E-state index is 5.90. The van der Waals surface area contributed by atoms with E-state index in [1.54, 1.807) is 0 Å². The van der Waals surface area contributed by atoms with Crippen molar-refractivity contribution in [3.63, 3.8) is 0 Å². The molecular formula is C12H16N4. The van der Waals surface area contributed by atoms with Crippen LogP contribution in [0, 0.1) is 0 Å². The number of aromatic nitrogens is 3. The van der Waals surface area contributed by atoms with Crippen LogP contribution in [0.3, 0.4) is 0 Å². The van der Waals surface area contributed by atoms with Crippen molar-refractivity contribution in [2.45, 2.75) is 19.8 Å². The Morgan fingerprint density at radius 3 is 2.69 bits per heavy atom. The number of rotatable bonds is 3. The first-order valence-corrected chi connectivity index (χ1v) is 5.43. The Morgan fingerprint density at radius 1 is 1.31 bits per heavy atom. The van der Waals surface area contributed by atoms with Crippen LogP contribution in [0.4, 0.5) is 5.69 Å². The van der Waals surface area contributed by atoms with Crippen LogP contribution in [0.5, 0.6) is 0 Å². The fraction of sp³-hybridized carbons (Fsp3) is 0.333. The molecule has 84 valence electrons. The third-order valence-electron chi connectivity index (χ3n) is 2.62. The summed E-state index contributed by atoms with van der Waals surface area (Å²) in [7, 11) is 1.92. The largest absolute Gasteiger partial charge is 0.398 e. The van der Waals surface area contributed by atoms with Crippen molar-refractivity contribution in [2.24, 2.45) is 7.05 Å². The van der Waals surface area contributed by atoms with Crippen LogP contribution < -0.4 is 5.73 Å². The van der Waals surface area contributed by atoms with Crippen molar-refractivity contribution < 1.29 is 0 Å². The molecule has 0 spiro atoms. The van der Waals surface area contributed by atoms with Crippen LogP contribution in [-0.2, 0) is 19.9 Å². The number of nitrogen functional groups attached to an aromatic ring is 1. The van der Waals surface area contributed by atoms with Crippen LogP contribution in [0.25, 0.3) is 0 Å². The molecule has 0 unspecified atom stereocenters. The molecule has 0 radical (unpaired) electrons. The number of hydrogen-bond donors (Lipinski definition) is 1. The third-order valence-corrected chi connectivity index (χ3v) is 2.62. The third kappa shape index (κ3) is 2.05. The van der Waals surface area contributed by atoms with E-state index in [-0.39, 0.29) is 0 Å². The van der Waals surface area contributed by atoms with Gasteiger partial charge in [0.15, 0.2) is 5.82 Å².